The molecule has 0 aliphatic heterocycles. The molecule has 0 spiro atoms. The molecule has 1 saturated carbocycles. The zero-order valence-corrected chi connectivity index (χ0v) is 13.2. The summed E-state index contributed by atoms with van der Waals surface area (Å²) >= 11 is 1.69. The van der Waals surface area contributed by atoms with Gasteiger partial charge < -0.3 is 5.32 Å². The quantitative estimate of drug-likeness (QED) is 0.868. The van der Waals surface area contributed by atoms with E-state index in [1.807, 2.05) is 0 Å². The molecule has 2 atom stereocenters. The molecule has 0 amide bonds. The second-order valence-corrected chi connectivity index (χ2v) is 6.83. The van der Waals surface area contributed by atoms with Gasteiger partial charge >= 0.3 is 0 Å². The zero-order valence-electron chi connectivity index (χ0n) is 12.4. The number of nitrogens with zero attached hydrogens (tertiary/aromatic N) is 3. The highest BCUT2D eigenvalue weighted by atomic mass is 32.1. The van der Waals surface area contributed by atoms with E-state index in [1.54, 1.807) is 11.3 Å². The van der Waals surface area contributed by atoms with Crippen molar-refractivity contribution in [3.63, 3.8) is 0 Å². The second kappa shape index (κ2) is 7.20. The molecule has 1 fully saturated rings. The molecule has 2 rings (SSSR count). The van der Waals surface area contributed by atoms with Crippen LogP contribution in [0.4, 0.5) is 5.13 Å². The number of aromatic nitrogens is 2. The second-order valence-electron chi connectivity index (χ2n) is 5.77. The number of nitrogens with one attached hydrogen (secondary N) is 1. The van der Waals surface area contributed by atoms with Crippen LogP contribution in [0.1, 0.15) is 51.0 Å². The first-order valence-corrected chi connectivity index (χ1v) is 8.27. The minimum absolute atomic E-state index is 0.722. The molecule has 4 nitrogen and oxygen atoms in total. The summed E-state index contributed by atoms with van der Waals surface area (Å²) in [6.45, 7) is 6.44. The van der Waals surface area contributed by atoms with Crippen molar-refractivity contribution in [2.24, 2.45) is 5.92 Å². The van der Waals surface area contributed by atoms with Gasteiger partial charge in [0.2, 0.25) is 5.13 Å². The molecule has 1 heterocycles. The van der Waals surface area contributed by atoms with E-state index >= 15 is 0 Å². The Bertz CT molecular complexity index is 379. The van der Waals surface area contributed by atoms with Gasteiger partial charge in [-0.05, 0) is 32.2 Å². The van der Waals surface area contributed by atoms with Crippen molar-refractivity contribution in [1.29, 1.82) is 0 Å². The van der Waals surface area contributed by atoms with Crippen LogP contribution in [0.15, 0.2) is 0 Å². The van der Waals surface area contributed by atoms with E-state index < -0.39 is 0 Å². The summed E-state index contributed by atoms with van der Waals surface area (Å²) in [4.78, 5) is 2.46. The molecule has 1 aromatic heterocycles. The summed E-state index contributed by atoms with van der Waals surface area (Å²) < 4.78 is 0. The van der Waals surface area contributed by atoms with Gasteiger partial charge in [-0.25, -0.2) is 0 Å². The summed E-state index contributed by atoms with van der Waals surface area (Å²) in [5.74, 6) is 0.873. The lowest BCUT2D eigenvalue weighted by atomic mass is 9.86. The minimum Gasteiger partial charge on any atom is -0.360 e. The van der Waals surface area contributed by atoms with Crippen LogP contribution in [0.2, 0.25) is 0 Å². The molecule has 1 aliphatic carbocycles. The van der Waals surface area contributed by atoms with Crippen LogP contribution in [0.25, 0.3) is 0 Å². The predicted molar refractivity (Wildman–Crippen MR) is 81.6 cm³/mol. The Kier molecular flexibility index (Phi) is 5.58. The third-order valence-electron chi connectivity index (χ3n) is 3.91. The number of anilines is 1. The molecule has 0 radical (unpaired) electrons. The maximum atomic E-state index is 4.29. The van der Waals surface area contributed by atoms with Crippen LogP contribution in [0.3, 0.4) is 0 Å². The standard InChI is InChI=1S/C14H26N4S/c1-4-8-15-14-17-16-13(19-14)10-18(3)12-7-5-6-11(2)9-12/h11-12H,4-10H2,1-3H3,(H,15,17). The summed E-state index contributed by atoms with van der Waals surface area (Å²) in [6.07, 6.45) is 6.55. The summed E-state index contributed by atoms with van der Waals surface area (Å²) in [7, 11) is 2.23. The van der Waals surface area contributed by atoms with Crippen LogP contribution in [0, 0.1) is 5.92 Å². The highest BCUT2D eigenvalue weighted by Crippen LogP contribution is 2.28. The molecule has 2 unspecified atom stereocenters. The largest absolute Gasteiger partial charge is 0.360 e. The number of hydrogen-bond acceptors (Lipinski definition) is 5. The van der Waals surface area contributed by atoms with Gasteiger partial charge in [-0.2, -0.15) is 0 Å². The Morgan fingerprint density at radius 3 is 2.95 bits per heavy atom. The van der Waals surface area contributed by atoms with E-state index in [4.69, 9.17) is 0 Å². The highest BCUT2D eigenvalue weighted by Gasteiger charge is 2.23. The van der Waals surface area contributed by atoms with Crippen molar-refractivity contribution >= 4 is 16.5 Å². The third kappa shape index (κ3) is 4.42. The van der Waals surface area contributed by atoms with E-state index in [0.717, 1.165) is 41.6 Å². The van der Waals surface area contributed by atoms with Crippen LogP contribution in [-0.2, 0) is 6.54 Å². The Morgan fingerprint density at radius 2 is 2.21 bits per heavy atom. The van der Waals surface area contributed by atoms with Gasteiger partial charge in [-0.3, -0.25) is 4.90 Å². The molecule has 1 N–H and O–H groups in total. The van der Waals surface area contributed by atoms with Crippen LogP contribution in [-0.4, -0.2) is 34.7 Å². The SMILES string of the molecule is CCCNc1nnc(CN(C)C2CCCC(C)C2)s1. The Balaban J connectivity index is 1.84. The van der Waals surface area contributed by atoms with Crippen molar-refractivity contribution in [3.05, 3.63) is 5.01 Å². The monoisotopic (exact) mass is 282 g/mol. The van der Waals surface area contributed by atoms with E-state index in [0.29, 0.717) is 0 Å². The van der Waals surface area contributed by atoms with Crippen LogP contribution < -0.4 is 5.32 Å². The van der Waals surface area contributed by atoms with E-state index in [1.165, 1.54) is 25.7 Å². The minimum atomic E-state index is 0.722. The predicted octanol–water partition coefficient (Wildman–Crippen LogP) is 3.37. The Hall–Kier alpha value is -0.680. The zero-order chi connectivity index (χ0) is 13.7. The lowest BCUT2D eigenvalue weighted by molar-refractivity contribution is 0.157. The summed E-state index contributed by atoms with van der Waals surface area (Å²) in [6, 6.07) is 0.722. The highest BCUT2D eigenvalue weighted by molar-refractivity contribution is 7.15. The average Bonchev–Trinajstić information content (AvgIpc) is 2.84. The molecule has 0 aromatic carbocycles. The number of hydrogen-bond donors (Lipinski definition) is 1. The van der Waals surface area contributed by atoms with Crippen molar-refractivity contribution in [3.8, 4) is 0 Å². The number of rotatable bonds is 6. The van der Waals surface area contributed by atoms with Gasteiger partial charge in [-0.1, -0.05) is 38.0 Å². The molecule has 19 heavy (non-hydrogen) atoms. The fraction of sp³-hybridized carbons (Fsp3) is 0.857. The van der Waals surface area contributed by atoms with Crippen molar-refractivity contribution in [2.45, 2.75) is 58.5 Å². The smallest absolute Gasteiger partial charge is 0.205 e. The van der Waals surface area contributed by atoms with E-state index in [2.05, 4.69) is 41.3 Å². The molecular formula is C14H26N4S. The topological polar surface area (TPSA) is 41.1 Å². The summed E-state index contributed by atoms with van der Waals surface area (Å²) in [5, 5.41) is 13.9. The lowest BCUT2D eigenvalue weighted by Crippen LogP contribution is -2.35. The van der Waals surface area contributed by atoms with Crippen molar-refractivity contribution in [1.82, 2.24) is 15.1 Å². The molecule has 108 valence electrons. The molecule has 1 aromatic rings. The van der Waals surface area contributed by atoms with Gasteiger partial charge in [0.1, 0.15) is 5.01 Å². The maximum Gasteiger partial charge on any atom is 0.205 e. The van der Waals surface area contributed by atoms with Crippen LogP contribution in [0.5, 0.6) is 0 Å². The van der Waals surface area contributed by atoms with Gasteiger partial charge in [0, 0.05) is 12.6 Å². The first-order chi connectivity index (χ1) is 9.19. The third-order valence-corrected chi connectivity index (χ3v) is 4.78. The van der Waals surface area contributed by atoms with Crippen LogP contribution >= 0.6 is 11.3 Å². The fourth-order valence-corrected chi connectivity index (χ4v) is 3.59. The lowest BCUT2D eigenvalue weighted by Gasteiger charge is -2.33. The molecule has 5 heteroatoms. The van der Waals surface area contributed by atoms with Gasteiger partial charge in [0.25, 0.3) is 0 Å². The molecular weight excluding hydrogens is 256 g/mol. The Morgan fingerprint density at radius 1 is 1.37 bits per heavy atom. The first-order valence-electron chi connectivity index (χ1n) is 7.45. The fourth-order valence-electron chi connectivity index (χ4n) is 2.77. The van der Waals surface area contributed by atoms with Gasteiger partial charge in [-0.15, -0.1) is 10.2 Å². The van der Waals surface area contributed by atoms with E-state index in [9.17, 15) is 0 Å². The Labute approximate surface area is 120 Å². The molecule has 0 bridgehead atoms. The van der Waals surface area contributed by atoms with Crippen molar-refractivity contribution < 1.29 is 0 Å². The van der Waals surface area contributed by atoms with E-state index in [-0.39, 0.29) is 0 Å². The van der Waals surface area contributed by atoms with Gasteiger partial charge in [0.15, 0.2) is 0 Å². The average molecular weight is 282 g/mol. The molecule has 0 saturated heterocycles. The van der Waals surface area contributed by atoms with Gasteiger partial charge in [0.05, 0.1) is 6.54 Å². The first kappa shape index (κ1) is 14.7. The normalized spacial score (nSPS) is 23.8. The van der Waals surface area contributed by atoms with Crippen molar-refractivity contribution in [2.75, 3.05) is 18.9 Å². The maximum absolute atomic E-state index is 4.29. The summed E-state index contributed by atoms with van der Waals surface area (Å²) in [5.41, 5.74) is 0. The molecule has 1 aliphatic rings.